The molecule has 60 valence electrons. The highest BCUT2D eigenvalue weighted by Gasteiger charge is 2.20. The van der Waals surface area contributed by atoms with Crippen molar-refractivity contribution in [1.29, 1.82) is 0 Å². The molecule has 0 aromatic carbocycles. The molecule has 0 amide bonds. The van der Waals surface area contributed by atoms with Crippen LogP contribution in [0.4, 0.5) is 0 Å². The fourth-order valence-corrected chi connectivity index (χ4v) is 1.59. The van der Waals surface area contributed by atoms with Gasteiger partial charge in [-0.15, -0.1) is 0 Å². The van der Waals surface area contributed by atoms with Crippen LogP contribution in [0, 0.1) is 0 Å². The van der Waals surface area contributed by atoms with Gasteiger partial charge in [-0.2, -0.15) is 0 Å². The first-order chi connectivity index (χ1) is 4.74. The Labute approximate surface area is 63.6 Å². The minimum Gasteiger partial charge on any atom is -0.311 e. The van der Waals surface area contributed by atoms with Gasteiger partial charge in [0.05, 0.1) is 0 Å². The molecule has 1 aliphatic rings. The highest BCUT2D eigenvalue weighted by atomic mass is 15.2. The fraction of sp³-hybridized carbons (Fsp3) is 1.00. The Morgan fingerprint density at radius 1 is 1.60 bits per heavy atom. The van der Waals surface area contributed by atoms with Crippen LogP contribution in [0.2, 0.25) is 0 Å². The van der Waals surface area contributed by atoms with Crippen LogP contribution in [0.5, 0.6) is 0 Å². The van der Waals surface area contributed by atoms with E-state index in [9.17, 15) is 0 Å². The van der Waals surface area contributed by atoms with Gasteiger partial charge < -0.3 is 10.2 Å². The number of nitrogens with zero attached hydrogens (tertiary/aromatic N) is 1. The lowest BCUT2D eigenvalue weighted by Gasteiger charge is -2.36. The van der Waals surface area contributed by atoms with Crippen LogP contribution < -0.4 is 5.32 Å². The van der Waals surface area contributed by atoms with Crippen molar-refractivity contribution in [3.63, 3.8) is 0 Å². The van der Waals surface area contributed by atoms with Gasteiger partial charge >= 0.3 is 0 Å². The summed E-state index contributed by atoms with van der Waals surface area (Å²) in [6.45, 7) is 6.84. The van der Waals surface area contributed by atoms with Gasteiger partial charge in [0, 0.05) is 25.2 Å². The van der Waals surface area contributed by atoms with Crippen LogP contribution in [0.3, 0.4) is 0 Å². The van der Waals surface area contributed by atoms with Crippen LogP contribution in [-0.2, 0) is 0 Å². The molecule has 1 fully saturated rings. The number of nitrogens with one attached hydrogen (secondary N) is 1. The molecule has 0 aliphatic carbocycles. The van der Waals surface area contributed by atoms with Gasteiger partial charge in [-0.25, -0.2) is 0 Å². The summed E-state index contributed by atoms with van der Waals surface area (Å²) in [6.07, 6.45) is 1.26. The molecule has 0 bridgehead atoms. The Hall–Kier alpha value is -0.0800. The molecule has 0 aromatic rings. The van der Waals surface area contributed by atoms with Crippen molar-refractivity contribution in [3.05, 3.63) is 0 Å². The summed E-state index contributed by atoms with van der Waals surface area (Å²) in [7, 11) is 2.21. The Kier molecular flexibility index (Phi) is 2.69. The number of hydrogen-bond donors (Lipinski definition) is 1. The van der Waals surface area contributed by atoms with Crippen molar-refractivity contribution < 1.29 is 0 Å². The maximum absolute atomic E-state index is 3.47. The van der Waals surface area contributed by atoms with Crippen LogP contribution in [0.1, 0.15) is 20.3 Å². The lowest BCUT2D eigenvalue weighted by molar-refractivity contribution is 0.165. The van der Waals surface area contributed by atoms with Crippen molar-refractivity contribution in [2.24, 2.45) is 0 Å². The molecular weight excluding hydrogens is 124 g/mol. The predicted molar refractivity (Wildman–Crippen MR) is 44.2 cm³/mol. The molecule has 0 unspecified atom stereocenters. The molecule has 0 spiro atoms. The summed E-state index contributed by atoms with van der Waals surface area (Å²) >= 11 is 0. The average Bonchev–Trinajstić information content (AvgIpc) is 1.88. The van der Waals surface area contributed by atoms with Crippen molar-refractivity contribution in [3.8, 4) is 0 Å². The molecule has 1 aliphatic heterocycles. The topological polar surface area (TPSA) is 15.3 Å². The van der Waals surface area contributed by atoms with Crippen molar-refractivity contribution >= 4 is 0 Å². The monoisotopic (exact) mass is 142 g/mol. The van der Waals surface area contributed by atoms with E-state index in [1.54, 1.807) is 0 Å². The molecule has 1 saturated heterocycles. The Morgan fingerprint density at radius 2 is 2.30 bits per heavy atom. The molecule has 0 aromatic heterocycles. The molecule has 2 nitrogen and oxygen atoms in total. The smallest absolute Gasteiger partial charge is 0.0215 e. The van der Waals surface area contributed by atoms with E-state index in [2.05, 4.69) is 31.1 Å². The molecule has 1 heterocycles. The molecular formula is C8H18N2. The van der Waals surface area contributed by atoms with Gasteiger partial charge in [-0.05, 0) is 20.4 Å². The van der Waals surface area contributed by atoms with Gasteiger partial charge in [-0.1, -0.05) is 6.92 Å². The first-order valence-electron chi connectivity index (χ1n) is 4.17. The van der Waals surface area contributed by atoms with E-state index in [0.29, 0.717) is 6.04 Å². The maximum atomic E-state index is 3.47. The average molecular weight is 142 g/mol. The molecule has 0 saturated carbocycles. The second-order valence-corrected chi connectivity index (χ2v) is 3.31. The SMILES string of the molecule is CC[C@@H]1CN[C@@H](C)CN1C. The van der Waals surface area contributed by atoms with Gasteiger partial charge in [0.15, 0.2) is 0 Å². The van der Waals surface area contributed by atoms with Crippen molar-refractivity contribution in [2.45, 2.75) is 32.4 Å². The van der Waals surface area contributed by atoms with Crippen LogP contribution in [-0.4, -0.2) is 37.1 Å². The van der Waals surface area contributed by atoms with E-state index in [1.165, 1.54) is 13.0 Å². The molecule has 10 heavy (non-hydrogen) atoms. The highest BCUT2D eigenvalue weighted by Crippen LogP contribution is 2.06. The van der Waals surface area contributed by atoms with E-state index in [1.807, 2.05) is 0 Å². The standard InChI is InChI=1S/C8H18N2/c1-4-8-5-9-7(2)6-10(8)3/h7-9H,4-6H2,1-3H3/t7-,8+/m0/s1. The zero-order valence-corrected chi connectivity index (χ0v) is 7.22. The number of hydrogen-bond acceptors (Lipinski definition) is 2. The lowest BCUT2D eigenvalue weighted by Crippen LogP contribution is -2.53. The number of likely N-dealkylation sites (N-methyl/N-ethyl adjacent to an activating group) is 1. The summed E-state index contributed by atoms with van der Waals surface area (Å²) in [5.74, 6) is 0. The maximum Gasteiger partial charge on any atom is 0.0215 e. The third-order valence-electron chi connectivity index (χ3n) is 2.36. The first-order valence-corrected chi connectivity index (χ1v) is 4.17. The van der Waals surface area contributed by atoms with Gasteiger partial charge in [0.1, 0.15) is 0 Å². The summed E-state index contributed by atoms with van der Waals surface area (Å²) < 4.78 is 0. The van der Waals surface area contributed by atoms with Gasteiger partial charge in [0.2, 0.25) is 0 Å². The van der Waals surface area contributed by atoms with E-state index in [0.717, 1.165) is 12.6 Å². The fourth-order valence-electron chi connectivity index (χ4n) is 1.59. The largest absolute Gasteiger partial charge is 0.311 e. The zero-order valence-electron chi connectivity index (χ0n) is 7.22. The van der Waals surface area contributed by atoms with E-state index in [-0.39, 0.29) is 0 Å². The molecule has 2 atom stereocenters. The van der Waals surface area contributed by atoms with Crippen molar-refractivity contribution in [1.82, 2.24) is 10.2 Å². The minimum absolute atomic E-state index is 0.674. The minimum atomic E-state index is 0.674. The van der Waals surface area contributed by atoms with E-state index < -0.39 is 0 Å². The quantitative estimate of drug-likeness (QED) is 0.579. The summed E-state index contributed by atoms with van der Waals surface area (Å²) in [6, 6.07) is 1.43. The Balaban J connectivity index is 2.36. The number of rotatable bonds is 1. The van der Waals surface area contributed by atoms with E-state index >= 15 is 0 Å². The second kappa shape index (κ2) is 3.35. The van der Waals surface area contributed by atoms with Crippen LogP contribution >= 0.6 is 0 Å². The predicted octanol–water partition coefficient (Wildman–Crippen LogP) is 0.689. The second-order valence-electron chi connectivity index (χ2n) is 3.31. The molecule has 1 N–H and O–H groups in total. The lowest BCUT2D eigenvalue weighted by atomic mass is 10.1. The first kappa shape index (κ1) is 8.02. The van der Waals surface area contributed by atoms with Crippen molar-refractivity contribution in [2.75, 3.05) is 20.1 Å². The summed E-state index contributed by atoms with van der Waals surface area (Å²) in [4.78, 5) is 2.45. The van der Waals surface area contributed by atoms with Crippen LogP contribution in [0.25, 0.3) is 0 Å². The normalized spacial score (nSPS) is 36.3. The Morgan fingerprint density at radius 3 is 2.80 bits per heavy atom. The van der Waals surface area contributed by atoms with Crippen LogP contribution in [0.15, 0.2) is 0 Å². The Bertz CT molecular complexity index is 103. The van der Waals surface area contributed by atoms with E-state index in [4.69, 9.17) is 0 Å². The van der Waals surface area contributed by atoms with Gasteiger partial charge in [-0.3, -0.25) is 0 Å². The highest BCUT2D eigenvalue weighted by molar-refractivity contribution is 4.80. The molecule has 2 heteroatoms. The van der Waals surface area contributed by atoms with Gasteiger partial charge in [0.25, 0.3) is 0 Å². The number of piperazine rings is 1. The summed E-state index contributed by atoms with van der Waals surface area (Å²) in [5, 5.41) is 3.47. The molecule has 0 radical (unpaired) electrons. The third-order valence-corrected chi connectivity index (χ3v) is 2.36. The zero-order chi connectivity index (χ0) is 7.56. The third kappa shape index (κ3) is 1.70. The molecule has 1 rings (SSSR count). The summed E-state index contributed by atoms with van der Waals surface area (Å²) in [5.41, 5.74) is 0.